The van der Waals surface area contributed by atoms with E-state index in [0.717, 1.165) is 19.3 Å². The molecule has 0 radical (unpaired) electrons. The highest BCUT2D eigenvalue weighted by Crippen LogP contribution is 2.37. The topological polar surface area (TPSA) is 43.1 Å². The van der Waals surface area contributed by atoms with Crippen LogP contribution in [-0.4, -0.2) is 5.91 Å². The fourth-order valence-electron chi connectivity index (χ4n) is 3.95. The van der Waals surface area contributed by atoms with Gasteiger partial charge in [0.05, 0.1) is 0 Å². The molecule has 0 aliphatic rings. The molecule has 0 saturated carbocycles. The van der Waals surface area contributed by atoms with Crippen molar-refractivity contribution in [2.24, 2.45) is 11.1 Å². The largest absolute Gasteiger partial charge is 0.369 e. The quantitative estimate of drug-likeness (QED) is 0.239. The molecule has 0 spiro atoms. The van der Waals surface area contributed by atoms with Gasteiger partial charge in [-0.15, -0.1) is 0 Å². The van der Waals surface area contributed by atoms with E-state index < -0.39 is 0 Å². The third-order valence-corrected chi connectivity index (χ3v) is 5.80. The van der Waals surface area contributed by atoms with Gasteiger partial charge in [-0.2, -0.15) is 0 Å². The highest BCUT2D eigenvalue weighted by atomic mass is 16.1. The minimum absolute atomic E-state index is 0.0203. The Bertz CT molecular complexity index is 302. The lowest BCUT2D eigenvalue weighted by atomic mass is 9.73. The number of unbranched alkanes of at least 4 members (excludes halogenated alkanes) is 12. The molecule has 0 heterocycles. The molecule has 0 aliphatic carbocycles. The average Bonchev–Trinajstić information content (AvgIpc) is 2.60. The highest BCUT2D eigenvalue weighted by molar-refractivity contribution is 5.80. The van der Waals surface area contributed by atoms with Gasteiger partial charge in [0.15, 0.2) is 0 Å². The van der Waals surface area contributed by atoms with Crippen molar-refractivity contribution in [2.45, 2.75) is 136 Å². The van der Waals surface area contributed by atoms with E-state index in [1.807, 2.05) is 0 Å². The maximum Gasteiger partial charge on any atom is 0.223 e. The molecule has 0 aromatic heterocycles. The van der Waals surface area contributed by atoms with Crippen molar-refractivity contribution < 1.29 is 4.79 Å². The van der Waals surface area contributed by atoms with Crippen molar-refractivity contribution in [3.8, 4) is 0 Å². The molecule has 1 amide bonds. The fraction of sp³-hybridized carbons (Fsp3) is 0.957. The smallest absolute Gasteiger partial charge is 0.223 e. The molecule has 2 nitrogen and oxygen atoms in total. The van der Waals surface area contributed by atoms with Crippen LogP contribution in [0.4, 0.5) is 0 Å². The van der Waals surface area contributed by atoms with Crippen LogP contribution in [-0.2, 0) is 4.79 Å². The summed E-state index contributed by atoms with van der Waals surface area (Å²) in [5.74, 6) is -0.0203. The van der Waals surface area contributed by atoms with E-state index in [1.54, 1.807) is 0 Å². The molecule has 2 N–H and O–H groups in total. The Hall–Kier alpha value is -0.530. The van der Waals surface area contributed by atoms with Gasteiger partial charge in [-0.25, -0.2) is 0 Å². The molecule has 0 aromatic rings. The Morgan fingerprint density at radius 1 is 0.560 bits per heavy atom. The Morgan fingerprint density at radius 2 is 0.840 bits per heavy atom. The van der Waals surface area contributed by atoms with Crippen LogP contribution < -0.4 is 5.73 Å². The second-order valence-electron chi connectivity index (χ2n) is 8.14. The SMILES string of the molecule is CCCCCCCCC(CCCCCC)(CCCCCCC)C(N)=O. The first kappa shape index (κ1) is 24.5. The first-order valence-electron chi connectivity index (χ1n) is 11.4. The van der Waals surface area contributed by atoms with E-state index in [2.05, 4.69) is 20.8 Å². The van der Waals surface area contributed by atoms with Crippen LogP contribution in [0.5, 0.6) is 0 Å². The number of nitrogens with two attached hydrogens (primary N) is 1. The molecule has 2 heteroatoms. The first-order chi connectivity index (χ1) is 12.1. The molecule has 1 atom stereocenters. The molecule has 1 unspecified atom stereocenters. The van der Waals surface area contributed by atoms with Crippen molar-refractivity contribution in [3.63, 3.8) is 0 Å². The van der Waals surface area contributed by atoms with Gasteiger partial charge in [0.25, 0.3) is 0 Å². The lowest BCUT2D eigenvalue weighted by Gasteiger charge is -2.31. The summed E-state index contributed by atoms with van der Waals surface area (Å²) >= 11 is 0. The van der Waals surface area contributed by atoms with E-state index >= 15 is 0 Å². The standard InChI is InChI=1S/C23H47NO/c1-4-7-10-13-15-18-21-23(22(24)25,19-16-12-9-6-3)20-17-14-11-8-5-2/h4-21H2,1-3H3,(H2,24,25). The van der Waals surface area contributed by atoms with Crippen LogP contribution in [0.25, 0.3) is 0 Å². The zero-order chi connectivity index (χ0) is 18.8. The minimum Gasteiger partial charge on any atom is -0.369 e. The van der Waals surface area contributed by atoms with Gasteiger partial charge < -0.3 is 5.73 Å². The molecule has 0 saturated heterocycles. The van der Waals surface area contributed by atoms with Crippen molar-refractivity contribution in [1.29, 1.82) is 0 Å². The normalized spacial score (nSPS) is 13.7. The molecule has 0 bridgehead atoms. The lowest BCUT2D eigenvalue weighted by Crippen LogP contribution is -2.37. The van der Waals surface area contributed by atoms with Gasteiger partial charge in [-0.1, -0.05) is 117 Å². The van der Waals surface area contributed by atoms with E-state index in [4.69, 9.17) is 5.73 Å². The van der Waals surface area contributed by atoms with Crippen LogP contribution in [0.3, 0.4) is 0 Å². The predicted octanol–water partition coefficient (Wildman–Crippen LogP) is 7.54. The number of hydrogen-bond donors (Lipinski definition) is 1. The number of carbonyl (C=O) groups is 1. The molecule has 0 fully saturated rings. The molecule has 150 valence electrons. The van der Waals surface area contributed by atoms with Gasteiger partial charge in [0.2, 0.25) is 5.91 Å². The third-order valence-electron chi connectivity index (χ3n) is 5.80. The van der Waals surface area contributed by atoms with Crippen molar-refractivity contribution >= 4 is 5.91 Å². The second kappa shape index (κ2) is 16.9. The third kappa shape index (κ3) is 12.5. The van der Waals surface area contributed by atoms with E-state index in [-0.39, 0.29) is 11.3 Å². The van der Waals surface area contributed by atoms with Gasteiger partial charge in [-0.05, 0) is 19.3 Å². The zero-order valence-corrected chi connectivity index (χ0v) is 17.7. The molecule has 25 heavy (non-hydrogen) atoms. The number of carbonyl (C=O) groups excluding carboxylic acids is 1. The lowest BCUT2D eigenvalue weighted by molar-refractivity contribution is -0.129. The van der Waals surface area contributed by atoms with Crippen LogP contribution in [0.15, 0.2) is 0 Å². The Balaban J connectivity index is 4.46. The monoisotopic (exact) mass is 353 g/mol. The summed E-state index contributed by atoms with van der Waals surface area (Å²) in [6, 6.07) is 0. The molecular formula is C23H47NO. The van der Waals surface area contributed by atoms with Gasteiger partial charge in [-0.3, -0.25) is 4.79 Å². The number of hydrogen-bond acceptors (Lipinski definition) is 1. The Morgan fingerprint density at radius 3 is 1.16 bits per heavy atom. The second-order valence-corrected chi connectivity index (χ2v) is 8.14. The summed E-state index contributed by atoms with van der Waals surface area (Å²) in [6.45, 7) is 6.75. The number of rotatable bonds is 19. The molecular weight excluding hydrogens is 306 g/mol. The number of amides is 1. The first-order valence-corrected chi connectivity index (χ1v) is 11.4. The molecule has 0 rings (SSSR count). The van der Waals surface area contributed by atoms with E-state index in [0.29, 0.717) is 0 Å². The van der Waals surface area contributed by atoms with E-state index in [1.165, 1.54) is 96.3 Å². The van der Waals surface area contributed by atoms with Crippen molar-refractivity contribution in [1.82, 2.24) is 0 Å². The Kier molecular flexibility index (Phi) is 16.6. The number of primary amides is 1. The summed E-state index contributed by atoms with van der Waals surface area (Å²) in [5, 5.41) is 0. The fourth-order valence-corrected chi connectivity index (χ4v) is 3.95. The summed E-state index contributed by atoms with van der Waals surface area (Å²) < 4.78 is 0. The molecule has 0 aromatic carbocycles. The summed E-state index contributed by atoms with van der Waals surface area (Å²) in [6.07, 6.45) is 22.1. The van der Waals surface area contributed by atoms with Gasteiger partial charge in [0, 0.05) is 5.41 Å². The summed E-state index contributed by atoms with van der Waals surface area (Å²) in [7, 11) is 0. The van der Waals surface area contributed by atoms with Crippen LogP contribution >= 0.6 is 0 Å². The van der Waals surface area contributed by atoms with E-state index in [9.17, 15) is 4.79 Å². The highest BCUT2D eigenvalue weighted by Gasteiger charge is 2.34. The van der Waals surface area contributed by atoms with Gasteiger partial charge >= 0.3 is 0 Å². The van der Waals surface area contributed by atoms with Crippen LogP contribution in [0, 0.1) is 5.41 Å². The maximum absolute atomic E-state index is 12.4. The zero-order valence-electron chi connectivity index (χ0n) is 17.7. The molecule has 0 aliphatic heterocycles. The Labute approximate surface area is 158 Å². The van der Waals surface area contributed by atoms with Crippen LogP contribution in [0.2, 0.25) is 0 Å². The van der Waals surface area contributed by atoms with Gasteiger partial charge in [0.1, 0.15) is 0 Å². The minimum atomic E-state index is -0.218. The van der Waals surface area contributed by atoms with Crippen LogP contribution in [0.1, 0.15) is 136 Å². The van der Waals surface area contributed by atoms with Crippen molar-refractivity contribution in [3.05, 3.63) is 0 Å². The maximum atomic E-state index is 12.4. The summed E-state index contributed by atoms with van der Waals surface area (Å²) in [4.78, 5) is 12.4. The summed E-state index contributed by atoms with van der Waals surface area (Å²) in [5.41, 5.74) is 5.73. The van der Waals surface area contributed by atoms with Crippen molar-refractivity contribution in [2.75, 3.05) is 0 Å². The average molecular weight is 354 g/mol. The predicted molar refractivity (Wildman–Crippen MR) is 112 cm³/mol.